The van der Waals surface area contributed by atoms with Gasteiger partial charge >= 0.3 is 0 Å². The van der Waals surface area contributed by atoms with Gasteiger partial charge in [-0.2, -0.15) is 9.97 Å². The maximum absolute atomic E-state index is 13.0. The number of aryl methyl sites for hydroxylation is 1. The van der Waals surface area contributed by atoms with Gasteiger partial charge in [0.1, 0.15) is 18.3 Å². The number of imidazole rings is 1. The van der Waals surface area contributed by atoms with Crippen LogP contribution in [0, 0.1) is 5.92 Å². The zero-order valence-corrected chi connectivity index (χ0v) is 17.4. The van der Waals surface area contributed by atoms with E-state index in [-0.39, 0.29) is 24.7 Å². The van der Waals surface area contributed by atoms with Crippen molar-refractivity contribution in [3.05, 3.63) is 12.1 Å². The number of rotatable bonds is 10. The summed E-state index contributed by atoms with van der Waals surface area (Å²) in [6, 6.07) is 3.94. The van der Waals surface area contributed by atoms with Crippen molar-refractivity contribution in [2.75, 3.05) is 19.8 Å². The molecule has 9 heteroatoms. The molecule has 3 rings (SSSR count). The second kappa shape index (κ2) is 9.39. The van der Waals surface area contributed by atoms with E-state index in [1.54, 1.807) is 17.7 Å². The third-order valence-corrected chi connectivity index (χ3v) is 4.78. The van der Waals surface area contributed by atoms with E-state index in [0.717, 1.165) is 12.8 Å². The Morgan fingerprint density at radius 3 is 2.72 bits per heavy atom. The van der Waals surface area contributed by atoms with Crippen LogP contribution in [0.4, 0.5) is 4.39 Å². The van der Waals surface area contributed by atoms with Crippen molar-refractivity contribution < 1.29 is 23.4 Å². The Bertz CT molecular complexity index is 835. The summed E-state index contributed by atoms with van der Waals surface area (Å²) in [5.41, 5.74) is 1.30. The number of carbonyl (C=O) groups excluding carboxylic acids is 1. The zero-order chi connectivity index (χ0) is 21.0. The molecule has 0 saturated heterocycles. The van der Waals surface area contributed by atoms with Crippen molar-refractivity contribution >= 4 is 17.1 Å². The monoisotopic (exact) mass is 408 g/mol. The first-order valence-corrected chi connectivity index (χ1v) is 9.93. The van der Waals surface area contributed by atoms with Crippen LogP contribution >= 0.6 is 0 Å². The molecule has 0 bridgehead atoms. The van der Waals surface area contributed by atoms with Crippen molar-refractivity contribution in [1.82, 2.24) is 19.9 Å². The van der Waals surface area contributed by atoms with Crippen LogP contribution in [-0.2, 0) is 16.6 Å². The molecule has 2 aromatic rings. The molecule has 2 heterocycles. The Kier molecular flexibility index (Phi) is 6.89. The number of fused-ring (bicyclic) bond motifs is 1. The maximum atomic E-state index is 13.0. The minimum absolute atomic E-state index is 0.0135. The molecule has 0 aliphatic heterocycles. The van der Waals surface area contributed by atoms with E-state index in [1.165, 1.54) is 13.8 Å². The lowest BCUT2D eigenvalue weighted by Gasteiger charge is -2.35. The summed E-state index contributed by atoms with van der Waals surface area (Å²) in [6.07, 6.45) is 1.01. The maximum Gasteiger partial charge on any atom is 0.298 e. The van der Waals surface area contributed by atoms with Crippen molar-refractivity contribution in [2.45, 2.75) is 51.9 Å². The predicted octanol–water partition coefficient (Wildman–Crippen LogP) is 2.40. The smallest absolute Gasteiger partial charge is 0.298 e. The van der Waals surface area contributed by atoms with Crippen LogP contribution in [0.2, 0.25) is 0 Å². The number of halogens is 1. The van der Waals surface area contributed by atoms with E-state index < -0.39 is 6.17 Å². The summed E-state index contributed by atoms with van der Waals surface area (Å²) in [7, 11) is 1.78. The fraction of sp³-hybridized carbons (Fsp3) is 0.650. The number of alkyl halides is 1. The molecule has 1 fully saturated rings. The van der Waals surface area contributed by atoms with Gasteiger partial charge in [0.05, 0.1) is 19.3 Å². The summed E-state index contributed by atoms with van der Waals surface area (Å²) < 4.78 is 31.7. The molecule has 1 N–H and O–H groups in total. The lowest BCUT2D eigenvalue weighted by atomic mass is 9.83. The van der Waals surface area contributed by atoms with Crippen LogP contribution < -0.4 is 14.8 Å². The largest absolute Gasteiger partial charge is 0.477 e. The summed E-state index contributed by atoms with van der Waals surface area (Å²) in [6.45, 7) is 5.90. The topological polar surface area (TPSA) is 87.5 Å². The SMILES string of the molecule is CC(=O)N[C@@H](C)COC1CC(COc2ccc3nc(OC[C@H](C)F)n(C)c3n2)C1. The molecule has 0 spiro atoms. The van der Waals surface area contributed by atoms with Gasteiger partial charge in [-0.05, 0) is 38.7 Å². The van der Waals surface area contributed by atoms with Crippen LogP contribution in [-0.4, -0.2) is 58.6 Å². The summed E-state index contributed by atoms with van der Waals surface area (Å²) in [4.78, 5) is 19.8. The summed E-state index contributed by atoms with van der Waals surface area (Å²) in [5.74, 6) is 0.897. The van der Waals surface area contributed by atoms with Crippen molar-refractivity contribution in [2.24, 2.45) is 13.0 Å². The van der Waals surface area contributed by atoms with E-state index in [1.807, 2.05) is 13.0 Å². The number of carbonyl (C=O) groups is 1. The first-order valence-electron chi connectivity index (χ1n) is 9.93. The highest BCUT2D eigenvalue weighted by Crippen LogP contribution is 2.31. The van der Waals surface area contributed by atoms with Gasteiger partial charge < -0.3 is 19.5 Å². The van der Waals surface area contributed by atoms with Gasteiger partial charge in [0.2, 0.25) is 11.8 Å². The van der Waals surface area contributed by atoms with Crippen molar-refractivity contribution in [3.63, 3.8) is 0 Å². The Hall–Kier alpha value is -2.42. The second-order valence-electron chi connectivity index (χ2n) is 7.74. The van der Waals surface area contributed by atoms with E-state index in [9.17, 15) is 9.18 Å². The number of pyridine rings is 1. The van der Waals surface area contributed by atoms with Crippen LogP contribution in [0.15, 0.2) is 12.1 Å². The van der Waals surface area contributed by atoms with E-state index in [0.29, 0.717) is 42.2 Å². The Morgan fingerprint density at radius 2 is 2.03 bits per heavy atom. The third kappa shape index (κ3) is 5.79. The van der Waals surface area contributed by atoms with E-state index in [4.69, 9.17) is 14.2 Å². The van der Waals surface area contributed by atoms with Gasteiger partial charge in [-0.3, -0.25) is 9.36 Å². The molecular weight excluding hydrogens is 379 g/mol. The molecule has 0 aromatic carbocycles. The van der Waals surface area contributed by atoms with Gasteiger partial charge in [-0.1, -0.05) is 0 Å². The van der Waals surface area contributed by atoms with Gasteiger partial charge in [0.25, 0.3) is 6.01 Å². The Balaban J connectivity index is 1.44. The molecule has 1 amide bonds. The molecule has 29 heavy (non-hydrogen) atoms. The quantitative estimate of drug-likeness (QED) is 0.650. The van der Waals surface area contributed by atoms with Gasteiger partial charge in [0, 0.05) is 26.1 Å². The first-order chi connectivity index (χ1) is 13.8. The number of ether oxygens (including phenoxy) is 3. The second-order valence-corrected chi connectivity index (χ2v) is 7.74. The highest BCUT2D eigenvalue weighted by Gasteiger charge is 2.31. The molecule has 0 radical (unpaired) electrons. The fourth-order valence-corrected chi connectivity index (χ4v) is 3.24. The minimum Gasteiger partial charge on any atom is -0.477 e. The number of hydrogen-bond donors (Lipinski definition) is 1. The number of nitrogens with one attached hydrogen (secondary N) is 1. The molecular formula is C20H29FN4O4. The first kappa shape index (κ1) is 21.3. The lowest BCUT2D eigenvalue weighted by Crippen LogP contribution is -2.40. The molecule has 0 unspecified atom stereocenters. The summed E-state index contributed by atoms with van der Waals surface area (Å²) >= 11 is 0. The molecule has 8 nitrogen and oxygen atoms in total. The van der Waals surface area contributed by atoms with Crippen LogP contribution in [0.25, 0.3) is 11.2 Å². The molecule has 2 aromatic heterocycles. The standard InChI is InChI=1S/C20H29FN4O4/c1-12(21)9-29-20-23-17-5-6-18(24-19(17)25(20)4)28-11-15-7-16(8-15)27-10-13(2)22-14(3)26/h5-6,12-13,15-16H,7-11H2,1-4H3,(H,22,26)/t12-,13-,15?,16?/m0/s1. The van der Waals surface area contributed by atoms with Crippen LogP contribution in [0.1, 0.15) is 33.6 Å². The summed E-state index contributed by atoms with van der Waals surface area (Å²) in [5, 5.41) is 2.81. The predicted molar refractivity (Wildman–Crippen MR) is 106 cm³/mol. The lowest BCUT2D eigenvalue weighted by molar-refractivity contribution is -0.120. The van der Waals surface area contributed by atoms with Gasteiger partial charge in [-0.25, -0.2) is 4.39 Å². The normalized spacial score (nSPS) is 20.7. The Labute approximate surface area is 169 Å². The van der Waals surface area contributed by atoms with E-state index in [2.05, 4.69) is 15.3 Å². The number of aromatic nitrogens is 3. The van der Waals surface area contributed by atoms with Crippen molar-refractivity contribution in [1.29, 1.82) is 0 Å². The molecule has 160 valence electrons. The fourth-order valence-electron chi connectivity index (χ4n) is 3.24. The Morgan fingerprint density at radius 1 is 1.28 bits per heavy atom. The van der Waals surface area contributed by atoms with Crippen molar-refractivity contribution in [3.8, 4) is 11.9 Å². The van der Waals surface area contributed by atoms with Crippen LogP contribution in [0.5, 0.6) is 11.9 Å². The molecule has 1 aliphatic carbocycles. The van der Waals surface area contributed by atoms with Gasteiger partial charge in [-0.15, -0.1) is 0 Å². The number of amides is 1. The minimum atomic E-state index is -1.06. The highest BCUT2D eigenvalue weighted by molar-refractivity contribution is 5.73. The van der Waals surface area contributed by atoms with E-state index >= 15 is 0 Å². The molecule has 2 atom stereocenters. The average Bonchev–Trinajstić information content (AvgIpc) is 2.93. The molecule has 1 aliphatic rings. The third-order valence-electron chi connectivity index (χ3n) is 4.78. The number of hydrogen-bond acceptors (Lipinski definition) is 6. The zero-order valence-electron chi connectivity index (χ0n) is 17.4. The average molecular weight is 408 g/mol. The van der Waals surface area contributed by atoms with Gasteiger partial charge in [0.15, 0.2) is 5.65 Å². The highest BCUT2D eigenvalue weighted by atomic mass is 19.1. The number of nitrogens with zero attached hydrogens (tertiary/aromatic N) is 3. The van der Waals surface area contributed by atoms with Crippen LogP contribution in [0.3, 0.4) is 0 Å². The molecule has 1 saturated carbocycles.